The molecular formula is C2H5NS5. The van der Waals surface area contributed by atoms with Gasteiger partial charge in [0, 0.05) is 54.5 Å². The lowest BCUT2D eigenvalue weighted by Crippen LogP contribution is -1.60. The van der Waals surface area contributed by atoms with Crippen molar-refractivity contribution in [3.8, 4) is 0 Å². The molecule has 0 aromatic carbocycles. The van der Waals surface area contributed by atoms with Gasteiger partial charge < -0.3 is 0 Å². The van der Waals surface area contributed by atoms with Crippen LogP contribution in [0.2, 0.25) is 0 Å². The lowest BCUT2D eigenvalue weighted by atomic mass is 10.8. The SMILES string of the molecule is CCN=S(=S)=S=S=S. The maximum Gasteiger partial charge on any atom is 0.0492 e. The first-order valence-corrected chi connectivity index (χ1v) is 7.57. The van der Waals surface area contributed by atoms with Crippen LogP contribution >= 0.6 is 0 Å². The molecule has 1 nitrogen and oxygen atoms in total. The topological polar surface area (TPSA) is 12.4 Å². The predicted molar refractivity (Wildman–Crippen MR) is 49.8 cm³/mol. The zero-order valence-electron chi connectivity index (χ0n) is 4.20. The largest absolute Gasteiger partial charge is 0.221 e. The minimum absolute atomic E-state index is 0.286. The zero-order chi connectivity index (χ0) is 6.41. The predicted octanol–water partition coefficient (Wildman–Crippen LogP) is 0.727. The summed E-state index contributed by atoms with van der Waals surface area (Å²) in [6, 6.07) is 0. The summed E-state index contributed by atoms with van der Waals surface area (Å²) in [5, 5.41) is 0. The molecule has 0 fully saturated rings. The molecule has 0 heterocycles. The molecule has 0 radical (unpaired) electrons. The highest BCUT2D eigenvalue weighted by molar-refractivity contribution is 8.61. The smallest absolute Gasteiger partial charge is 0.0492 e. The van der Waals surface area contributed by atoms with Crippen LogP contribution in [0.4, 0.5) is 0 Å². The van der Waals surface area contributed by atoms with Crippen molar-refractivity contribution >= 4 is 47.9 Å². The zero-order valence-corrected chi connectivity index (χ0v) is 8.28. The molecule has 48 valence electrons. The van der Waals surface area contributed by atoms with Gasteiger partial charge in [0.15, 0.2) is 0 Å². The van der Waals surface area contributed by atoms with Gasteiger partial charge in [-0.1, -0.05) is 0 Å². The normalized spacial score (nSPS) is 7.62. The van der Waals surface area contributed by atoms with Crippen LogP contribution in [0.25, 0.3) is 0 Å². The van der Waals surface area contributed by atoms with Gasteiger partial charge in [-0.25, -0.2) is 4.36 Å². The fraction of sp³-hybridized carbons (Fsp3) is 1.00. The fourth-order valence-corrected chi connectivity index (χ4v) is 5.29. The van der Waals surface area contributed by atoms with Gasteiger partial charge >= 0.3 is 0 Å². The van der Waals surface area contributed by atoms with E-state index in [0.717, 1.165) is 6.54 Å². The molecule has 0 unspecified atom stereocenters. The summed E-state index contributed by atoms with van der Waals surface area (Å²) in [5.41, 5.74) is 0. The van der Waals surface area contributed by atoms with Gasteiger partial charge in [-0.2, -0.15) is 0 Å². The van der Waals surface area contributed by atoms with Crippen molar-refractivity contribution in [1.82, 2.24) is 0 Å². The van der Waals surface area contributed by atoms with E-state index in [1.807, 2.05) is 6.92 Å². The van der Waals surface area contributed by atoms with Crippen LogP contribution < -0.4 is 0 Å². The fourth-order valence-electron chi connectivity index (χ4n) is 0.151. The quantitative estimate of drug-likeness (QED) is 0.623. The standard InChI is InChI=1S/C2H5NS5/c1-2-3-8(5)7-6-4/h2H2,1H3. The molecule has 0 aromatic heterocycles. The van der Waals surface area contributed by atoms with E-state index in [4.69, 9.17) is 11.2 Å². The summed E-state index contributed by atoms with van der Waals surface area (Å²) in [6.45, 7) is 2.77. The average molecular weight is 203 g/mol. The molecule has 0 aromatic rings. The number of hydrogen-bond donors (Lipinski definition) is 0. The molecule has 0 aliphatic carbocycles. The van der Waals surface area contributed by atoms with Crippen LogP contribution in [0, 0.1) is 0 Å². The van der Waals surface area contributed by atoms with Crippen molar-refractivity contribution in [3.63, 3.8) is 0 Å². The Bertz CT molecular complexity index is 238. The minimum Gasteiger partial charge on any atom is -0.221 e. The van der Waals surface area contributed by atoms with Crippen LogP contribution in [0.5, 0.6) is 0 Å². The van der Waals surface area contributed by atoms with E-state index in [1.54, 1.807) is 0 Å². The number of rotatable bonds is 1. The van der Waals surface area contributed by atoms with Gasteiger partial charge in [-0.05, 0) is 6.92 Å². The van der Waals surface area contributed by atoms with E-state index >= 15 is 0 Å². The van der Waals surface area contributed by atoms with E-state index in [-0.39, 0.29) is 7.81 Å². The van der Waals surface area contributed by atoms with Crippen LogP contribution in [-0.2, 0) is 47.9 Å². The Hall–Kier alpha value is 0.900. The molecule has 0 rings (SSSR count). The van der Waals surface area contributed by atoms with Crippen LogP contribution in [-0.4, -0.2) is 6.54 Å². The van der Waals surface area contributed by atoms with E-state index < -0.39 is 0 Å². The summed E-state index contributed by atoms with van der Waals surface area (Å²) in [7, 11) is 2.44. The van der Waals surface area contributed by atoms with Gasteiger partial charge in [-0.15, -0.1) is 0 Å². The Morgan fingerprint density at radius 1 is 1.75 bits per heavy atom. The van der Waals surface area contributed by atoms with Gasteiger partial charge in [0.1, 0.15) is 0 Å². The molecule has 0 N–H and O–H groups in total. The Morgan fingerprint density at radius 2 is 2.38 bits per heavy atom. The number of nitrogens with zero attached hydrogens (tertiary/aromatic N) is 1. The molecule has 8 heavy (non-hydrogen) atoms. The molecule has 0 spiro atoms. The third-order valence-corrected chi connectivity index (χ3v) is 6.66. The first-order valence-electron chi connectivity index (χ1n) is 1.87. The summed E-state index contributed by atoms with van der Waals surface area (Å²) < 4.78 is 4.03. The van der Waals surface area contributed by atoms with Crippen LogP contribution in [0.3, 0.4) is 0 Å². The first-order chi connectivity index (χ1) is 3.81. The molecular weight excluding hydrogens is 198 g/mol. The van der Waals surface area contributed by atoms with Crippen molar-refractivity contribution in [2.24, 2.45) is 4.36 Å². The minimum atomic E-state index is -0.286. The first kappa shape index (κ1) is 8.90. The Labute approximate surface area is 65.5 Å². The molecule has 0 saturated carbocycles. The van der Waals surface area contributed by atoms with E-state index in [0.29, 0.717) is 0 Å². The van der Waals surface area contributed by atoms with Gasteiger partial charge in [0.25, 0.3) is 0 Å². The molecule has 6 heteroatoms. The summed E-state index contributed by atoms with van der Waals surface area (Å²) >= 11 is 9.47. The van der Waals surface area contributed by atoms with Crippen LogP contribution in [0.1, 0.15) is 6.92 Å². The highest BCUT2D eigenvalue weighted by Crippen LogP contribution is 1.62. The Morgan fingerprint density at radius 3 is 2.75 bits per heavy atom. The Kier molecular flexibility index (Phi) is 6.70. The monoisotopic (exact) mass is 203 g/mol. The average Bonchev–Trinajstić information content (AvgIpc) is 1.68. The second-order valence-corrected chi connectivity index (χ2v) is 7.56. The summed E-state index contributed by atoms with van der Waals surface area (Å²) in [4.78, 5) is 0. The molecule has 0 bridgehead atoms. The van der Waals surface area contributed by atoms with Gasteiger partial charge in [0.2, 0.25) is 0 Å². The van der Waals surface area contributed by atoms with E-state index in [2.05, 4.69) is 15.6 Å². The second kappa shape index (κ2) is 6.03. The molecule has 0 aliphatic rings. The summed E-state index contributed by atoms with van der Waals surface area (Å²) in [5.74, 6) is 0. The number of hydrogen-bond acceptors (Lipinski definition) is 3. The third kappa shape index (κ3) is 5.04. The molecule has 0 saturated heterocycles. The van der Waals surface area contributed by atoms with Gasteiger partial charge in [0.05, 0.1) is 0 Å². The lowest BCUT2D eigenvalue weighted by molar-refractivity contribution is 1.16. The lowest BCUT2D eigenvalue weighted by Gasteiger charge is -1.65. The van der Waals surface area contributed by atoms with Crippen molar-refractivity contribution in [1.29, 1.82) is 0 Å². The Balaban J connectivity index is 4.76. The second-order valence-electron chi connectivity index (χ2n) is 0.799. The van der Waals surface area contributed by atoms with Crippen molar-refractivity contribution in [2.45, 2.75) is 6.92 Å². The van der Waals surface area contributed by atoms with Crippen molar-refractivity contribution in [2.75, 3.05) is 6.54 Å². The van der Waals surface area contributed by atoms with Crippen LogP contribution in [0.15, 0.2) is 4.36 Å². The highest BCUT2D eigenvalue weighted by atomic mass is 33.3. The van der Waals surface area contributed by atoms with E-state index in [9.17, 15) is 0 Å². The molecule has 0 atom stereocenters. The maximum absolute atomic E-state index is 4.87. The molecule has 0 amide bonds. The molecule has 0 aliphatic heterocycles. The summed E-state index contributed by atoms with van der Waals surface area (Å²) in [6.07, 6.45) is 0. The maximum atomic E-state index is 4.87. The third-order valence-electron chi connectivity index (χ3n) is 0.320. The van der Waals surface area contributed by atoms with E-state index in [1.165, 1.54) is 17.8 Å². The van der Waals surface area contributed by atoms with Crippen molar-refractivity contribution in [3.05, 3.63) is 0 Å². The van der Waals surface area contributed by atoms with Gasteiger partial charge in [-0.3, -0.25) is 0 Å². The highest BCUT2D eigenvalue weighted by Gasteiger charge is 1.56. The van der Waals surface area contributed by atoms with Crippen molar-refractivity contribution < 1.29 is 0 Å².